The molecule has 7 heteroatoms. The van der Waals surface area contributed by atoms with Crippen molar-refractivity contribution in [2.24, 2.45) is 0 Å². The van der Waals surface area contributed by atoms with E-state index in [4.69, 9.17) is 5.21 Å². The van der Waals surface area contributed by atoms with Gasteiger partial charge in [-0.3, -0.25) is 10.0 Å². The zero-order chi connectivity index (χ0) is 16.3. The van der Waals surface area contributed by atoms with Crippen molar-refractivity contribution in [1.82, 2.24) is 9.79 Å². The molecule has 2 N–H and O–H groups in total. The van der Waals surface area contributed by atoms with Crippen molar-refractivity contribution in [2.45, 2.75) is 37.9 Å². The summed E-state index contributed by atoms with van der Waals surface area (Å²) in [6.07, 6.45) is 1.55. The first kappa shape index (κ1) is 16.9. The number of benzene rings is 1. The second kappa shape index (κ2) is 6.76. The van der Waals surface area contributed by atoms with Gasteiger partial charge in [0.1, 0.15) is 0 Å². The normalized spacial score (nSPS) is 17.6. The van der Waals surface area contributed by atoms with Gasteiger partial charge in [-0.05, 0) is 50.3 Å². The van der Waals surface area contributed by atoms with Gasteiger partial charge < -0.3 is 0 Å². The van der Waals surface area contributed by atoms with Crippen LogP contribution in [-0.4, -0.2) is 42.2 Å². The van der Waals surface area contributed by atoms with Crippen molar-refractivity contribution < 1.29 is 18.4 Å². The van der Waals surface area contributed by atoms with Crippen LogP contribution >= 0.6 is 0 Å². The lowest BCUT2D eigenvalue weighted by Crippen LogP contribution is -2.41. The monoisotopic (exact) mass is 326 g/mol. The number of hydroxylamine groups is 1. The maximum absolute atomic E-state index is 12.1. The number of sulfonamides is 1. The Balaban J connectivity index is 2.01. The molecule has 0 aliphatic carbocycles. The summed E-state index contributed by atoms with van der Waals surface area (Å²) in [4.78, 5) is 11.3. The van der Waals surface area contributed by atoms with Gasteiger partial charge in [0.15, 0.2) is 0 Å². The van der Waals surface area contributed by atoms with E-state index in [1.54, 1.807) is 35.8 Å². The number of rotatable bonds is 4. The minimum absolute atomic E-state index is 0.296. The second-order valence-electron chi connectivity index (χ2n) is 5.83. The highest BCUT2D eigenvalue weighted by molar-refractivity contribution is 7.89. The highest BCUT2D eigenvalue weighted by Gasteiger charge is 2.30. The zero-order valence-corrected chi connectivity index (χ0v) is 13.6. The van der Waals surface area contributed by atoms with E-state index in [2.05, 4.69) is 0 Å². The van der Waals surface area contributed by atoms with Crippen LogP contribution in [0, 0.1) is 0 Å². The molecular formula is C15H22N2O4S. The fourth-order valence-corrected chi connectivity index (χ4v) is 4.03. The first-order valence-electron chi connectivity index (χ1n) is 7.39. The summed E-state index contributed by atoms with van der Waals surface area (Å²) in [6, 6.07) is 7.06. The van der Waals surface area contributed by atoms with Gasteiger partial charge in [0.05, 0.1) is 5.25 Å². The number of carbonyl (C=O) groups is 1. The highest BCUT2D eigenvalue weighted by Crippen LogP contribution is 2.30. The maximum Gasteiger partial charge on any atom is 0.274 e. The lowest BCUT2D eigenvalue weighted by molar-refractivity contribution is 0.0706. The molecule has 0 radical (unpaired) electrons. The molecule has 1 aromatic carbocycles. The third-order valence-electron chi connectivity index (χ3n) is 4.16. The molecule has 0 aromatic heterocycles. The molecule has 1 fully saturated rings. The molecule has 1 aliphatic heterocycles. The average Bonchev–Trinajstić information content (AvgIpc) is 2.54. The Kier molecular flexibility index (Phi) is 5.20. The molecule has 22 heavy (non-hydrogen) atoms. The van der Waals surface area contributed by atoms with E-state index in [-0.39, 0.29) is 5.25 Å². The molecule has 1 aromatic rings. The van der Waals surface area contributed by atoms with Crippen LogP contribution in [0.25, 0.3) is 0 Å². The van der Waals surface area contributed by atoms with E-state index >= 15 is 0 Å². The van der Waals surface area contributed by atoms with E-state index in [1.807, 2.05) is 12.1 Å². The highest BCUT2D eigenvalue weighted by atomic mass is 32.2. The second-order valence-corrected chi connectivity index (χ2v) is 8.32. The van der Waals surface area contributed by atoms with E-state index in [9.17, 15) is 13.2 Å². The predicted molar refractivity (Wildman–Crippen MR) is 83.3 cm³/mol. The molecule has 0 atom stereocenters. The fourth-order valence-electron chi connectivity index (χ4n) is 2.71. The number of amides is 1. The van der Waals surface area contributed by atoms with E-state index in [0.717, 1.165) is 18.4 Å². The maximum atomic E-state index is 12.1. The fraction of sp³-hybridized carbons (Fsp3) is 0.533. The van der Waals surface area contributed by atoms with Crippen LogP contribution in [0.1, 0.15) is 48.5 Å². The molecule has 0 spiro atoms. The van der Waals surface area contributed by atoms with Gasteiger partial charge in [-0.1, -0.05) is 12.1 Å². The molecule has 0 saturated carbocycles. The quantitative estimate of drug-likeness (QED) is 0.651. The van der Waals surface area contributed by atoms with Gasteiger partial charge in [0.2, 0.25) is 10.0 Å². The Morgan fingerprint density at radius 3 is 2.23 bits per heavy atom. The van der Waals surface area contributed by atoms with Crippen LogP contribution in [0.3, 0.4) is 0 Å². The van der Waals surface area contributed by atoms with Crippen LogP contribution < -0.4 is 5.48 Å². The van der Waals surface area contributed by atoms with Crippen molar-refractivity contribution in [2.75, 3.05) is 13.1 Å². The molecule has 1 heterocycles. The molecular weight excluding hydrogens is 304 g/mol. The number of nitrogens with one attached hydrogen (secondary N) is 1. The Hall–Kier alpha value is -1.44. The number of nitrogens with zero attached hydrogens (tertiary/aromatic N) is 1. The lowest BCUT2D eigenvalue weighted by Gasteiger charge is -2.32. The molecule has 1 aliphatic rings. The first-order chi connectivity index (χ1) is 10.4. The third kappa shape index (κ3) is 3.48. The van der Waals surface area contributed by atoms with Crippen molar-refractivity contribution >= 4 is 15.9 Å². The Labute approximate surface area is 131 Å². The summed E-state index contributed by atoms with van der Waals surface area (Å²) in [7, 11) is -3.17. The van der Waals surface area contributed by atoms with Gasteiger partial charge in [-0.15, -0.1) is 0 Å². The molecule has 1 saturated heterocycles. The summed E-state index contributed by atoms with van der Waals surface area (Å²) in [5.41, 5.74) is 3.09. The minimum atomic E-state index is -3.17. The number of piperidine rings is 1. The number of carbonyl (C=O) groups excluding carboxylic acids is 1. The van der Waals surface area contributed by atoms with Crippen molar-refractivity contribution in [3.05, 3.63) is 35.4 Å². The summed E-state index contributed by atoms with van der Waals surface area (Å²) in [5.74, 6) is -0.241. The summed E-state index contributed by atoms with van der Waals surface area (Å²) < 4.78 is 25.8. The molecule has 122 valence electrons. The SMILES string of the molecule is CC(C)S(=O)(=O)N1CCC(c2ccc(C(=O)NO)cc2)CC1. The van der Waals surface area contributed by atoms with E-state index in [0.29, 0.717) is 24.6 Å². The summed E-state index contributed by atoms with van der Waals surface area (Å²) >= 11 is 0. The summed E-state index contributed by atoms with van der Waals surface area (Å²) in [6.45, 7) is 4.47. The number of hydrogen-bond acceptors (Lipinski definition) is 4. The van der Waals surface area contributed by atoms with Gasteiger partial charge in [-0.2, -0.15) is 0 Å². The summed E-state index contributed by atoms with van der Waals surface area (Å²) in [5, 5.41) is 8.21. The Morgan fingerprint density at radius 1 is 1.23 bits per heavy atom. The molecule has 0 bridgehead atoms. The molecule has 1 amide bonds. The van der Waals surface area contributed by atoms with Crippen LogP contribution in [0.2, 0.25) is 0 Å². The Morgan fingerprint density at radius 2 is 1.77 bits per heavy atom. The first-order valence-corrected chi connectivity index (χ1v) is 8.90. The van der Waals surface area contributed by atoms with Crippen molar-refractivity contribution in [1.29, 1.82) is 0 Å². The smallest absolute Gasteiger partial charge is 0.274 e. The minimum Gasteiger partial charge on any atom is -0.288 e. The van der Waals surface area contributed by atoms with Crippen LogP contribution in [0.5, 0.6) is 0 Å². The van der Waals surface area contributed by atoms with Crippen LogP contribution in [0.15, 0.2) is 24.3 Å². The van der Waals surface area contributed by atoms with Gasteiger partial charge in [0, 0.05) is 18.7 Å². The topological polar surface area (TPSA) is 86.7 Å². The lowest BCUT2D eigenvalue weighted by atomic mass is 9.90. The average molecular weight is 326 g/mol. The zero-order valence-electron chi connectivity index (χ0n) is 12.8. The number of hydrogen-bond donors (Lipinski definition) is 2. The van der Waals surface area contributed by atoms with Gasteiger partial charge in [0.25, 0.3) is 5.91 Å². The van der Waals surface area contributed by atoms with Gasteiger partial charge in [-0.25, -0.2) is 18.2 Å². The molecule has 0 unspecified atom stereocenters. The van der Waals surface area contributed by atoms with E-state index < -0.39 is 15.9 Å². The standard InChI is InChI=1S/C15H22N2O4S/c1-11(2)22(20,21)17-9-7-13(8-10-17)12-3-5-14(6-4-12)15(18)16-19/h3-6,11,13,19H,7-10H2,1-2H3,(H,16,18). The molecule has 2 rings (SSSR count). The van der Waals surface area contributed by atoms with Gasteiger partial charge >= 0.3 is 0 Å². The largest absolute Gasteiger partial charge is 0.288 e. The van der Waals surface area contributed by atoms with E-state index in [1.165, 1.54) is 0 Å². The van der Waals surface area contributed by atoms with Crippen LogP contribution in [-0.2, 0) is 10.0 Å². The Bertz CT molecular complexity index is 617. The van der Waals surface area contributed by atoms with Crippen LogP contribution in [0.4, 0.5) is 0 Å². The third-order valence-corrected chi connectivity index (χ3v) is 6.43. The molecule has 6 nitrogen and oxygen atoms in total. The van der Waals surface area contributed by atoms with Crippen molar-refractivity contribution in [3.8, 4) is 0 Å². The predicted octanol–water partition coefficient (Wildman–Crippen LogP) is 1.72. The van der Waals surface area contributed by atoms with Crippen molar-refractivity contribution in [3.63, 3.8) is 0 Å².